The fourth-order valence-corrected chi connectivity index (χ4v) is 2.65. The minimum absolute atomic E-state index is 0.116. The molecule has 0 aliphatic carbocycles. The first-order valence-corrected chi connectivity index (χ1v) is 9.05. The summed E-state index contributed by atoms with van der Waals surface area (Å²) in [5.41, 5.74) is 0. The first-order chi connectivity index (χ1) is 11.6. The van der Waals surface area contributed by atoms with Crippen LogP contribution >= 0.6 is 0 Å². The summed E-state index contributed by atoms with van der Waals surface area (Å²) in [4.78, 5) is 13.7. The summed E-state index contributed by atoms with van der Waals surface area (Å²) in [6, 6.07) is 3.63. The summed E-state index contributed by atoms with van der Waals surface area (Å²) in [6.07, 6.45) is 13.6. The third kappa shape index (κ3) is 10.1. The van der Waals surface area contributed by atoms with Crippen LogP contribution in [-0.4, -0.2) is 33.3 Å². The molecule has 0 unspecified atom stereocenters. The molecular formula is C19H31N2O3-. The van der Waals surface area contributed by atoms with Gasteiger partial charge in [-0.3, -0.25) is 0 Å². The number of carbonyl (C=O) groups is 1. The van der Waals surface area contributed by atoms with Crippen molar-refractivity contribution < 1.29 is 15.0 Å². The predicted octanol–water partition coefficient (Wildman–Crippen LogP) is 4.92. The number of H-pyrrole nitrogens is 1. The monoisotopic (exact) mass is 335 g/mol. The predicted molar refractivity (Wildman–Crippen MR) is 97.6 cm³/mol. The van der Waals surface area contributed by atoms with Crippen LogP contribution in [0, 0.1) is 0 Å². The van der Waals surface area contributed by atoms with Crippen LogP contribution in [0.5, 0.6) is 0 Å². The molecule has 24 heavy (non-hydrogen) atoms. The number of nitrogens with zero attached hydrogens (tertiary/aromatic N) is 1. The quantitative estimate of drug-likeness (QED) is 0.333. The maximum Gasteiger partial charge on any atom is 0.327 e. The highest BCUT2D eigenvalue weighted by molar-refractivity contribution is 5.80. The second kappa shape index (κ2) is 12.6. The van der Waals surface area contributed by atoms with E-state index in [-0.39, 0.29) is 12.1 Å². The summed E-state index contributed by atoms with van der Waals surface area (Å²) in [5, 5.41) is 23.1. The number of nitrogens with one attached hydrogen (secondary N) is 1. The molecule has 0 saturated heterocycles. The fourth-order valence-electron chi connectivity index (χ4n) is 2.65. The maximum absolute atomic E-state index is 10.7. The lowest BCUT2D eigenvalue weighted by molar-refractivity contribution is -0.131. The van der Waals surface area contributed by atoms with E-state index in [4.69, 9.17) is 5.11 Å². The molecule has 0 radical (unpaired) electrons. The van der Waals surface area contributed by atoms with Gasteiger partial charge in [0.05, 0.1) is 6.10 Å². The van der Waals surface area contributed by atoms with Crippen molar-refractivity contribution in [2.24, 2.45) is 0 Å². The molecule has 1 heterocycles. The van der Waals surface area contributed by atoms with Crippen LogP contribution in [0.3, 0.4) is 0 Å². The van der Waals surface area contributed by atoms with E-state index in [1.165, 1.54) is 6.08 Å². The molecule has 0 aliphatic rings. The molecule has 0 aromatic carbocycles. The van der Waals surface area contributed by atoms with Gasteiger partial charge >= 0.3 is 5.97 Å². The number of aliphatic hydroxyl groups is 1. The highest BCUT2D eigenvalue weighted by Crippen LogP contribution is 2.23. The Kier molecular flexibility index (Phi) is 10.7. The summed E-state index contributed by atoms with van der Waals surface area (Å²) < 4.78 is 0. The molecule has 1 aromatic rings. The zero-order valence-electron chi connectivity index (χ0n) is 14.7. The Balaban J connectivity index is 2.21. The molecular weight excluding hydrogens is 304 g/mol. The Bertz CT molecular complexity index is 457. The molecule has 0 fully saturated rings. The van der Waals surface area contributed by atoms with Crippen LogP contribution in [0.25, 0.3) is 5.32 Å². The van der Waals surface area contributed by atoms with E-state index in [0.717, 1.165) is 63.6 Å². The Morgan fingerprint density at radius 1 is 1.21 bits per heavy atom. The molecule has 3 N–H and O–H groups in total. The van der Waals surface area contributed by atoms with E-state index >= 15 is 0 Å². The lowest BCUT2D eigenvalue weighted by Crippen LogP contribution is -2.06. The van der Waals surface area contributed by atoms with Crippen molar-refractivity contribution in [3.8, 4) is 0 Å². The number of aromatic nitrogens is 1. The first kappa shape index (κ1) is 20.3. The van der Waals surface area contributed by atoms with Crippen LogP contribution < -0.4 is 0 Å². The van der Waals surface area contributed by atoms with E-state index in [0.29, 0.717) is 0 Å². The Labute approximate surface area is 145 Å². The molecule has 0 saturated carbocycles. The molecule has 136 valence electrons. The maximum atomic E-state index is 10.7. The number of carboxylic acid groups (broad SMARTS) is 1. The zero-order valence-corrected chi connectivity index (χ0v) is 14.7. The number of aromatic amines is 1. The minimum Gasteiger partial charge on any atom is -0.478 e. The number of aliphatic carboxylic acids is 1. The second-order valence-corrected chi connectivity index (χ2v) is 6.24. The van der Waals surface area contributed by atoms with E-state index in [1.54, 1.807) is 12.3 Å². The van der Waals surface area contributed by atoms with Gasteiger partial charge in [-0.15, -0.1) is 0 Å². The summed E-state index contributed by atoms with van der Waals surface area (Å²) in [7, 11) is 0. The van der Waals surface area contributed by atoms with E-state index in [2.05, 4.69) is 17.2 Å². The van der Waals surface area contributed by atoms with Crippen LogP contribution in [0.4, 0.5) is 5.82 Å². The number of carboxylic acids is 1. The third-order valence-electron chi connectivity index (χ3n) is 4.03. The Morgan fingerprint density at radius 2 is 1.92 bits per heavy atom. The van der Waals surface area contributed by atoms with Gasteiger partial charge in [0.2, 0.25) is 0 Å². The van der Waals surface area contributed by atoms with E-state index < -0.39 is 5.97 Å². The van der Waals surface area contributed by atoms with Crippen molar-refractivity contribution in [2.75, 3.05) is 0 Å². The smallest absolute Gasteiger partial charge is 0.327 e. The fraction of sp³-hybridized carbons (Fsp3) is 0.632. The molecule has 0 aliphatic heterocycles. The van der Waals surface area contributed by atoms with Crippen molar-refractivity contribution in [3.05, 3.63) is 35.8 Å². The largest absolute Gasteiger partial charge is 0.478 e. The average molecular weight is 335 g/mol. The van der Waals surface area contributed by atoms with Gasteiger partial charge in [0.1, 0.15) is 0 Å². The van der Waals surface area contributed by atoms with Gasteiger partial charge in [0.15, 0.2) is 0 Å². The standard InChI is InChI=1S/C19H31N2O3/c1-2-3-10-17(22)11-7-5-4-6-9-16(13-14-19(23)24)21-18-12-8-15-20-18/h8,12-17,20,22H,2-7,9-11H2,1H3,(H,23,24)/q-1/b14-13+/t16-,17+/m1/s1. The normalized spacial score (nSPS) is 13.9. The van der Waals surface area contributed by atoms with Crippen molar-refractivity contribution in [1.29, 1.82) is 0 Å². The lowest BCUT2D eigenvalue weighted by atomic mass is 10.0. The molecule has 5 heteroatoms. The van der Waals surface area contributed by atoms with Gasteiger partial charge < -0.3 is 20.5 Å². The van der Waals surface area contributed by atoms with Gasteiger partial charge in [-0.2, -0.15) is 0 Å². The SMILES string of the molecule is CCCC[C@H](O)CCCCCC[C@H](/C=C/C(=O)O)[N-]c1ccc[nH]1. The molecule has 0 spiro atoms. The summed E-state index contributed by atoms with van der Waals surface area (Å²) in [6.45, 7) is 2.14. The third-order valence-corrected chi connectivity index (χ3v) is 4.03. The minimum atomic E-state index is -0.942. The summed E-state index contributed by atoms with van der Waals surface area (Å²) in [5.74, 6) is -0.170. The van der Waals surface area contributed by atoms with Crippen LogP contribution in [-0.2, 0) is 4.79 Å². The number of hydrogen-bond acceptors (Lipinski definition) is 2. The highest BCUT2D eigenvalue weighted by Gasteiger charge is 2.04. The van der Waals surface area contributed by atoms with E-state index in [1.807, 2.05) is 12.1 Å². The lowest BCUT2D eigenvalue weighted by Gasteiger charge is -2.21. The topological polar surface area (TPSA) is 87.4 Å². The van der Waals surface area contributed by atoms with Gasteiger partial charge in [-0.1, -0.05) is 75.7 Å². The molecule has 5 nitrogen and oxygen atoms in total. The molecule has 0 bridgehead atoms. The van der Waals surface area contributed by atoms with E-state index in [9.17, 15) is 9.90 Å². The number of rotatable bonds is 14. The number of hydrogen-bond donors (Lipinski definition) is 3. The van der Waals surface area contributed by atoms with Gasteiger partial charge in [-0.25, -0.2) is 4.79 Å². The summed E-state index contributed by atoms with van der Waals surface area (Å²) >= 11 is 0. The molecule has 0 amide bonds. The van der Waals surface area contributed by atoms with Crippen LogP contribution in [0.2, 0.25) is 0 Å². The zero-order chi connectivity index (χ0) is 17.6. The Hall–Kier alpha value is -1.75. The van der Waals surface area contributed by atoms with Crippen LogP contribution in [0.15, 0.2) is 30.5 Å². The second-order valence-electron chi connectivity index (χ2n) is 6.24. The van der Waals surface area contributed by atoms with Gasteiger partial charge in [-0.05, 0) is 25.3 Å². The van der Waals surface area contributed by atoms with Gasteiger partial charge in [0.25, 0.3) is 0 Å². The van der Waals surface area contributed by atoms with Crippen molar-refractivity contribution in [1.82, 2.24) is 4.98 Å². The van der Waals surface area contributed by atoms with Crippen molar-refractivity contribution in [2.45, 2.75) is 76.9 Å². The first-order valence-electron chi connectivity index (χ1n) is 9.05. The molecule has 1 aromatic heterocycles. The van der Waals surface area contributed by atoms with Gasteiger partial charge in [0, 0.05) is 6.08 Å². The molecule has 2 atom stereocenters. The number of aliphatic hydroxyl groups excluding tert-OH is 1. The molecule has 1 rings (SSSR count). The van der Waals surface area contributed by atoms with Crippen molar-refractivity contribution >= 4 is 11.8 Å². The Morgan fingerprint density at radius 3 is 2.54 bits per heavy atom. The number of unbranched alkanes of at least 4 members (excludes halogenated alkanes) is 4. The average Bonchev–Trinajstić information content (AvgIpc) is 3.06. The highest BCUT2D eigenvalue weighted by atomic mass is 16.4. The van der Waals surface area contributed by atoms with Crippen LogP contribution in [0.1, 0.15) is 64.7 Å². The van der Waals surface area contributed by atoms with Crippen molar-refractivity contribution in [3.63, 3.8) is 0 Å².